The normalized spacial score (nSPS) is 20.2. The Morgan fingerprint density at radius 2 is 1.79 bits per heavy atom. The highest BCUT2D eigenvalue weighted by atomic mass is 19.4. The van der Waals surface area contributed by atoms with Gasteiger partial charge in [0, 0.05) is 24.3 Å². The number of nitrogens with one attached hydrogen (secondary N) is 1. The Morgan fingerprint density at radius 1 is 1.16 bits per heavy atom. The second-order valence-corrected chi connectivity index (χ2v) is 5.63. The van der Waals surface area contributed by atoms with Crippen LogP contribution in [0.25, 0.3) is 0 Å². The van der Waals surface area contributed by atoms with Crippen molar-refractivity contribution in [3.8, 4) is 0 Å². The zero-order valence-electron chi connectivity index (χ0n) is 11.2. The third-order valence-electron chi connectivity index (χ3n) is 3.35. The Labute approximate surface area is 111 Å². The molecule has 106 valence electrons. The number of halogens is 3. The van der Waals surface area contributed by atoms with Crippen molar-refractivity contribution in [2.45, 2.75) is 32.0 Å². The summed E-state index contributed by atoms with van der Waals surface area (Å²) in [6, 6.07) is 5.43. The molecule has 0 saturated carbocycles. The van der Waals surface area contributed by atoms with E-state index in [1.807, 2.05) is 0 Å². The predicted molar refractivity (Wildman–Crippen MR) is 70.4 cm³/mol. The number of anilines is 1. The highest BCUT2D eigenvalue weighted by Crippen LogP contribution is 2.31. The minimum absolute atomic E-state index is 0.0286. The Kier molecular flexibility index (Phi) is 3.76. The summed E-state index contributed by atoms with van der Waals surface area (Å²) >= 11 is 0. The van der Waals surface area contributed by atoms with Gasteiger partial charge in [-0.25, -0.2) is 0 Å². The van der Waals surface area contributed by atoms with Crippen molar-refractivity contribution < 1.29 is 13.2 Å². The zero-order chi connectivity index (χ0) is 14.1. The molecule has 1 saturated heterocycles. The molecular formula is C14H19F3N2. The molecule has 1 aromatic rings. The smallest absolute Gasteiger partial charge is 0.370 e. The Morgan fingerprint density at radius 3 is 2.37 bits per heavy atom. The number of hydrogen-bond acceptors (Lipinski definition) is 2. The topological polar surface area (TPSA) is 15.3 Å². The van der Waals surface area contributed by atoms with Crippen molar-refractivity contribution in [3.05, 3.63) is 29.8 Å². The molecule has 0 unspecified atom stereocenters. The summed E-state index contributed by atoms with van der Waals surface area (Å²) in [4.78, 5) is 2.14. The Balaban J connectivity index is 2.17. The van der Waals surface area contributed by atoms with Crippen LogP contribution in [0.3, 0.4) is 0 Å². The maximum absolute atomic E-state index is 12.5. The highest BCUT2D eigenvalue weighted by molar-refractivity contribution is 5.48. The van der Waals surface area contributed by atoms with Crippen LogP contribution in [0.2, 0.25) is 0 Å². The van der Waals surface area contributed by atoms with Gasteiger partial charge in [0.05, 0.1) is 5.56 Å². The van der Waals surface area contributed by atoms with E-state index in [4.69, 9.17) is 0 Å². The van der Waals surface area contributed by atoms with E-state index in [0.717, 1.165) is 43.9 Å². The zero-order valence-corrected chi connectivity index (χ0v) is 11.2. The molecule has 2 rings (SSSR count). The molecule has 1 aliphatic heterocycles. The average molecular weight is 272 g/mol. The molecule has 1 heterocycles. The molecule has 0 amide bonds. The van der Waals surface area contributed by atoms with Gasteiger partial charge in [0.25, 0.3) is 0 Å². The quantitative estimate of drug-likeness (QED) is 0.844. The number of rotatable bonds is 1. The van der Waals surface area contributed by atoms with E-state index in [-0.39, 0.29) is 5.54 Å². The summed E-state index contributed by atoms with van der Waals surface area (Å²) in [5, 5.41) is 3.43. The van der Waals surface area contributed by atoms with E-state index < -0.39 is 11.7 Å². The summed E-state index contributed by atoms with van der Waals surface area (Å²) in [5.41, 5.74) is 0.229. The molecule has 1 fully saturated rings. The molecular weight excluding hydrogens is 253 g/mol. The number of hydrogen-bond donors (Lipinski definition) is 1. The van der Waals surface area contributed by atoms with Gasteiger partial charge in [-0.2, -0.15) is 13.2 Å². The predicted octanol–water partition coefficient (Wildman–Crippen LogP) is 3.28. The lowest BCUT2D eigenvalue weighted by atomic mass is 10.1. The summed E-state index contributed by atoms with van der Waals surface area (Å²) < 4.78 is 37.6. The van der Waals surface area contributed by atoms with Crippen LogP contribution in [-0.2, 0) is 6.18 Å². The molecule has 2 nitrogen and oxygen atoms in total. The maximum atomic E-state index is 12.5. The summed E-state index contributed by atoms with van der Waals surface area (Å²) in [6.07, 6.45) is -3.28. The van der Waals surface area contributed by atoms with Crippen molar-refractivity contribution in [2.75, 3.05) is 24.5 Å². The lowest BCUT2D eigenvalue weighted by Gasteiger charge is -2.31. The van der Waals surface area contributed by atoms with Gasteiger partial charge in [0.15, 0.2) is 0 Å². The number of benzene rings is 1. The van der Waals surface area contributed by atoms with Crippen molar-refractivity contribution in [2.24, 2.45) is 0 Å². The van der Waals surface area contributed by atoms with Crippen LogP contribution in [0, 0.1) is 0 Å². The van der Waals surface area contributed by atoms with Crippen molar-refractivity contribution >= 4 is 5.69 Å². The first-order chi connectivity index (χ1) is 8.78. The fraction of sp³-hybridized carbons (Fsp3) is 0.571. The molecule has 0 aliphatic carbocycles. The van der Waals surface area contributed by atoms with Gasteiger partial charge in [0.2, 0.25) is 0 Å². The lowest BCUT2D eigenvalue weighted by molar-refractivity contribution is -0.137. The Bertz CT molecular complexity index is 423. The molecule has 1 aliphatic rings. The molecule has 0 atom stereocenters. The van der Waals surface area contributed by atoms with Crippen molar-refractivity contribution in [1.82, 2.24) is 5.32 Å². The van der Waals surface area contributed by atoms with Gasteiger partial charge in [-0.15, -0.1) is 0 Å². The minimum Gasteiger partial charge on any atom is -0.370 e. The van der Waals surface area contributed by atoms with Crippen LogP contribution < -0.4 is 10.2 Å². The summed E-state index contributed by atoms with van der Waals surface area (Å²) in [5.74, 6) is 0. The molecule has 19 heavy (non-hydrogen) atoms. The first kappa shape index (κ1) is 14.2. The van der Waals surface area contributed by atoms with E-state index in [1.165, 1.54) is 0 Å². The summed E-state index contributed by atoms with van der Waals surface area (Å²) in [7, 11) is 0. The summed E-state index contributed by atoms with van der Waals surface area (Å²) in [6.45, 7) is 6.80. The van der Waals surface area contributed by atoms with Gasteiger partial charge in [-0.3, -0.25) is 0 Å². The van der Waals surface area contributed by atoms with E-state index in [9.17, 15) is 13.2 Å². The standard InChI is InChI=1S/C14H19F3N2/c1-13(2)10-19(9-3-8-18-13)12-6-4-11(5-7-12)14(15,16)17/h4-7,18H,3,8-10H2,1-2H3. The third kappa shape index (κ3) is 3.62. The molecule has 1 aromatic carbocycles. The van der Waals surface area contributed by atoms with Crippen molar-refractivity contribution in [1.29, 1.82) is 0 Å². The monoisotopic (exact) mass is 272 g/mol. The van der Waals surface area contributed by atoms with E-state index in [2.05, 4.69) is 24.1 Å². The van der Waals surface area contributed by atoms with E-state index >= 15 is 0 Å². The van der Waals surface area contributed by atoms with Crippen LogP contribution >= 0.6 is 0 Å². The van der Waals surface area contributed by atoms with Gasteiger partial charge in [-0.1, -0.05) is 0 Å². The molecule has 5 heteroatoms. The van der Waals surface area contributed by atoms with Gasteiger partial charge in [0.1, 0.15) is 0 Å². The number of alkyl halides is 3. The second kappa shape index (κ2) is 5.04. The van der Waals surface area contributed by atoms with Crippen LogP contribution in [0.1, 0.15) is 25.8 Å². The minimum atomic E-state index is -4.27. The molecule has 0 radical (unpaired) electrons. The van der Waals surface area contributed by atoms with Crippen LogP contribution in [0.15, 0.2) is 24.3 Å². The largest absolute Gasteiger partial charge is 0.416 e. The molecule has 0 bridgehead atoms. The lowest BCUT2D eigenvalue weighted by Crippen LogP contribution is -2.46. The van der Waals surface area contributed by atoms with Gasteiger partial charge in [-0.05, 0) is 51.1 Å². The third-order valence-corrected chi connectivity index (χ3v) is 3.35. The van der Waals surface area contributed by atoms with E-state index in [1.54, 1.807) is 12.1 Å². The Hall–Kier alpha value is -1.23. The first-order valence-corrected chi connectivity index (χ1v) is 6.45. The second-order valence-electron chi connectivity index (χ2n) is 5.63. The molecule has 1 N–H and O–H groups in total. The van der Waals surface area contributed by atoms with E-state index in [0.29, 0.717) is 0 Å². The average Bonchev–Trinajstić information content (AvgIpc) is 2.49. The van der Waals surface area contributed by atoms with Crippen LogP contribution in [0.5, 0.6) is 0 Å². The fourth-order valence-electron chi connectivity index (χ4n) is 2.39. The van der Waals surface area contributed by atoms with Gasteiger partial charge < -0.3 is 10.2 Å². The number of nitrogens with zero attached hydrogens (tertiary/aromatic N) is 1. The molecule has 0 spiro atoms. The first-order valence-electron chi connectivity index (χ1n) is 6.45. The fourth-order valence-corrected chi connectivity index (χ4v) is 2.39. The van der Waals surface area contributed by atoms with Crippen LogP contribution in [-0.4, -0.2) is 25.2 Å². The molecule has 0 aromatic heterocycles. The van der Waals surface area contributed by atoms with Crippen LogP contribution in [0.4, 0.5) is 18.9 Å². The maximum Gasteiger partial charge on any atom is 0.416 e. The highest BCUT2D eigenvalue weighted by Gasteiger charge is 2.30. The van der Waals surface area contributed by atoms with Gasteiger partial charge >= 0.3 is 6.18 Å². The SMILES string of the molecule is CC1(C)CN(c2ccc(C(F)(F)F)cc2)CCCN1. The van der Waals surface area contributed by atoms with Crippen molar-refractivity contribution in [3.63, 3.8) is 0 Å².